The van der Waals surface area contributed by atoms with Crippen LogP contribution in [0.4, 0.5) is 5.69 Å². The number of rotatable bonds is 4. The molecule has 1 heterocycles. The lowest BCUT2D eigenvalue weighted by molar-refractivity contribution is -0.126. The summed E-state index contributed by atoms with van der Waals surface area (Å²) < 4.78 is 0. The van der Waals surface area contributed by atoms with Crippen LogP contribution in [-0.2, 0) is 21.4 Å². The first kappa shape index (κ1) is 17.0. The molecule has 2 aliphatic rings. The van der Waals surface area contributed by atoms with Crippen LogP contribution >= 0.6 is 0 Å². The molecule has 0 spiro atoms. The highest BCUT2D eigenvalue weighted by Crippen LogP contribution is 2.41. The Morgan fingerprint density at radius 3 is 2.67 bits per heavy atom. The first-order chi connectivity index (χ1) is 11.4. The molecule has 1 fully saturated rings. The van der Waals surface area contributed by atoms with Crippen LogP contribution in [-0.4, -0.2) is 25.4 Å². The van der Waals surface area contributed by atoms with Crippen LogP contribution in [0.5, 0.6) is 0 Å². The van der Waals surface area contributed by atoms with Gasteiger partial charge in [0.2, 0.25) is 11.8 Å². The van der Waals surface area contributed by atoms with Gasteiger partial charge >= 0.3 is 0 Å². The second kappa shape index (κ2) is 6.58. The zero-order chi connectivity index (χ0) is 17.3. The standard InChI is InChI=1S/C20H28N2O2/c1-20(2)16-13-14(9-10-17(16)22(3)19(20)24)11-12-21-18(23)15-7-5-4-6-8-15/h9-10,13,15H,4-8,11-12H2,1-3H3,(H,21,23). The van der Waals surface area contributed by atoms with Crippen molar-refractivity contribution in [1.29, 1.82) is 0 Å². The second-order valence-corrected chi connectivity index (χ2v) is 7.72. The molecular weight excluding hydrogens is 300 g/mol. The predicted molar refractivity (Wildman–Crippen MR) is 96.2 cm³/mol. The Morgan fingerprint density at radius 2 is 1.96 bits per heavy atom. The lowest BCUT2D eigenvalue weighted by Crippen LogP contribution is -2.33. The van der Waals surface area contributed by atoms with Gasteiger partial charge in [-0.15, -0.1) is 0 Å². The number of anilines is 1. The number of nitrogens with one attached hydrogen (secondary N) is 1. The maximum absolute atomic E-state index is 12.3. The van der Waals surface area contributed by atoms with Crippen LogP contribution in [0.2, 0.25) is 0 Å². The topological polar surface area (TPSA) is 49.4 Å². The van der Waals surface area contributed by atoms with Gasteiger partial charge in [0, 0.05) is 25.2 Å². The molecule has 4 heteroatoms. The van der Waals surface area contributed by atoms with Crippen molar-refractivity contribution in [2.75, 3.05) is 18.5 Å². The molecule has 1 aromatic rings. The number of likely N-dealkylation sites (N-methyl/N-ethyl adjacent to an activating group) is 1. The molecule has 1 aliphatic carbocycles. The van der Waals surface area contributed by atoms with Gasteiger partial charge in [0.05, 0.1) is 5.41 Å². The Morgan fingerprint density at radius 1 is 1.25 bits per heavy atom. The molecule has 1 aromatic carbocycles. The number of benzene rings is 1. The minimum Gasteiger partial charge on any atom is -0.356 e. The van der Waals surface area contributed by atoms with E-state index in [1.54, 1.807) is 4.90 Å². The first-order valence-electron chi connectivity index (χ1n) is 9.10. The fourth-order valence-electron chi connectivity index (χ4n) is 4.01. The van der Waals surface area contributed by atoms with Crippen LogP contribution in [0.1, 0.15) is 57.1 Å². The highest BCUT2D eigenvalue weighted by Gasteiger charge is 2.42. The molecule has 0 unspecified atom stereocenters. The number of amides is 2. The van der Waals surface area contributed by atoms with E-state index in [1.165, 1.54) is 24.8 Å². The van der Waals surface area contributed by atoms with Crippen molar-refractivity contribution in [2.45, 2.75) is 57.8 Å². The van der Waals surface area contributed by atoms with Crippen molar-refractivity contribution in [2.24, 2.45) is 5.92 Å². The molecule has 130 valence electrons. The summed E-state index contributed by atoms with van der Waals surface area (Å²) in [7, 11) is 1.83. The zero-order valence-corrected chi connectivity index (χ0v) is 15.0. The fraction of sp³-hybridized carbons (Fsp3) is 0.600. The highest BCUT2D eigenvalue weighted by atomic mass is 16.2. The number of hydrogen-bond donors (Lipinski definition) is 1. The van der Waals surface area contributed by atoms with Gasteiger partial charge in [-0.2, -0.15) is 0 Å². The quantitative estimate of drug-likeness (QED) is 0.923. The van der Waals surface area contributed by atoms with Crippen LogP contribution < -0.4 is 10.2 Å². The van der Waals surface area contributed by atoms with Crippen molar-refractivity contribution >= 4 is 17.5 Å². The molecule has 1 saturated carbocycles. The van der Waals surface area contributed by atoms with Crippen LogP contribution in [0, 0.1) is 5.92 Å². The second-order valence-electron chi connectivity index (χ2n) is 7.72. The Hall–Kier alpha value is -1.84. The monoisotopic (exact) mass is 328 g/mol. The molecule has 0 radical (unpaired) electrons. The molecule has 3 rings (SSSR count). The summed E-state index contributed by atoms with van der Waals surface area (Å²) in [6.07, 6.45) is 6.50. The predicted octanol–water partition coefficient (Wildman–Crippen LogP) is 3.18. The minimum atomic E-state index is -0.467. The number of nitrogens with zero attached hydrogens (tertiary/aromatic N) is 1. The summed E-state index contributed by atoms with van der Waals surface area (Å²) in [5.74, 6) is 0.565. The minimum absolute atomic E-state index is 0.139. The van der Waals surface area contributed by atoms with E-state index in [9.17, 15) is 9.59 Å². The van der Waals surface area contributed by atoms with Gasteiger partial charge < -0.3 is 10.2 Å². The van der Waals surface area contributed by atoms with E-state index in [1.807, 2.05) is 27.0 Å². The van der Waals surface area contributed by atoms with Gasteiger partial charge in [0.25, 0.3) is 0 Å². The fourth-order valence-corrected chi connectivity index (χ4v) is 4.01. The molecule has 0 bridgehead atoms. The molecule has 2 amide bonds. The maximum atomic E-state index is 12.3. The van der Waals surface area contributed by atoms with Crippen molar-refractivity contribution in [3.8, 4) is 0 Å². The summed E-state index contributed by atoms with van der Waals surface area (Å²) in [6, 6.07) is 6.22. The van der Waals surface area contributed by atoms with E-state index < -0.39 is 5.41 Å². The molecule has 0 aromatic heterocycles. The number of fused-ring (bicyclic) bond motifs is 1. The maximum Gasteiger partial charge on any atom is 0.236 e. The van der Waals surface area contributed by atoms with Gasteiger partial charge in [0.15, 0.2) is 0 Å². The van der Waals surface area contributed by atoms with Crippen LogP contribution in [0.3, 0.4) is 0 Å². The van der Waals surface area contributed by atoms with E-state index in [0.29, 0.717) is 6.54 Å². The Kier molecular flexibility index (Phi) is 4.66. The summed E-state index contributed by atoms with van der Waals surface area (Å²) in [6.45, 7) is 4.62. The van der Waals surface area contributed by atoms with Gasteiger partial charge in [-0.3, -0.25) is 9.59 Å². The molecular formula is C20H28N2O2. The van der Waals surface area contributed by atoms with Gasteiger partial charge in [-0.05, 0) is 50.3 Å². The summed E-state index contributed by atoms with van der Waals surface area (Å²) >= 11 is 0. The largest absolute Gasteiger partial charge is 0.356 e. The third-order valence-electron chi connectivity index (χ3n) is 5.62. The van der Waals surface area contributed by atoms with Gasteiger partial charge in [-0.1, -0.05) is 31.4 Å². The van der Waals surface area contributed by atoms with Crippen molar-refractivity contribution in [1.82, 2.24) is 5.32 Å². The van der Waals surface area contributed by atoms with Gasteiger partial charge in [0.1, 0.15) is 0 Å². The number of carbonyl (C=O) groups is 2. The molecule has 1 aliphatic heterocycles. The van der Waals surface area contributed by atoms with E-state index in [0.717, 1.165) is 30.5 Å². The van der Waals surface area contributed by atoms with Crippen molar-refractivity contribution in [3.05, 3.63) is 29.3 Å². The Bertz CT molecular complexity index is 645. The summed E-state index contributed by atoms with van der Waals surface area (Å²) in [5, 5.41) is 3.09. The van der Waals surface area contributed by atoms with Crippen molar-refractivity contribution < 1.29 is 9.59 Å². The molecule has 24 heavy (non-hydrogen) atoms. The van der Waals surface area contributed by atoms with Crippen LogP contribution in [0.25, 0.3) is 0 Å². The van der Waals surface area contributed by atoms with E-state index in [2.05, 4.69) is 17.4 Å². The normalized spacial score (nSPS) is 20.1. The number of carbonyl (C=O) groups excluding carboxylic acids is 2. The molecule has 1 N–H and O–H groups in total. The van der Waals surface area contributed by atoms with Crippen molar-refractivity contribution in [3.63, 3.8) is 0 Å². The van der Waals surface area contributed by atoms with Gasteiger partial charge in [-0.25, -0.2) is 0 Å². The third-order valence-corrected chi connectivity index (χ3v) is 5.62. The number of hydrogen-bond acceptors (Lipinski definition) is 2. The van der Waals surface area contributed by atoms with E-state index >= 15 is 0 Å². The van der Waals surface area contributed by atoms with Crippen LogP contribution in [0.15, 0.2) is 18.2 Å². The Balaban J connectivity index is 1.60. The van der Waals surface area contributed by atoms with E-state index in [4.69, 9.17) is 0 Å². The first-order valence-corrected chi connectivity index (χ1v) is 9.10. The van der Waals surface area contributed by atoms with E-state index in [-0.39, 0.29) is 17.7 Å². The smallest absolute Gasteiger partial charge is 0.236 e. The lowest BCUT2D eigenvalue weighted by atomic mass is 9.85. The highest BCUT2D eigenvalue weighted by molar-refractivity contribution is 6.07. The average Bonchev–Trinajstić information content (AvgIpc) is 2.76. The third kappa shape index (κ3) is 3.06. The summed E-state index contributed by atoms with van der Waals surface area (Å²) in [4.78, 5) is 26.3. The SMILES string of the molecule is CN1C(=O)C(C)(C)c2cc(CCNC(=O)C3CCCCC3)ccc21. The lowest BCUT2D eigenvalue weighted by Gasteiger charge is -2.20. The molecule has 0 atom stereocenters. The molecule has 4 nitrogen and oxygen atoms in total. The Labute approximate surface area is 144 Å². The summed E-state index contributed by atoms with van der Waals surface area (Å²) in [5.41, 5.74) is 2.80. The average molecular weight is 328 g/mol. The molecule has 0 saturated heterocycles. The zero-order valence-electron chi connectivity index (χ0n) is 15.0.